The number of aryl methyl sites for hydroxylation is 1. The first kappa shape index (κ1) is 31.8. The molecule has 1 aliphatic heterocycles. The van der Waals surface area contributed by atoms with Crippen LogP contribution in [0.1, 0.15) is 71.7 Å². The molecule has 0 unspecified atom stereocenters. The van der Waals surface area contributed by atoms with Crippen molar-refractivity contribution in [3.8, 4) is 16.2 Å². The van der Waals surface area contributed by atoms with Gasteiger partial charge in [0.1, 0.15) is 29.5 Å². The van der Waals surface area contributed by atoms with E-state index in [1.54, 1.807) is 26.3 Å². The second-order valence-electron chi connectivity index (χ2n) is 12.6. The number of nitrogens with zero attached hydrogens (tertiary/aromatic N) is 2. The fourth-order valence-corrected chi connectivity index (χ4v) is 5.82. The first-order chi connectivity index (χ1) is 19.5. The molecule has 9 nitrogen and oxygen atoms in total. The van der Waals surface area contributed by atoms with Crippen LogP contribution in [0.15, 0.2) is 23.7 Å². The highest BCUT2D eigenvalue weighted by Crippen LogP contribution is 2.40. The number of aliphatic hydroxyl groups is 1. The summed E-state index contributed by atoms with van der Waals surface area (Å²) in [6.07, 6.45) is -3.51. The van der Waals surface area contributed by atoms with Crippen molar-refractivity contribution in [3.63, 3.8) is 0 Å². The first-order valence-electron chi connectivity index (χ1n) is 14.2. The average molecular weight is 607 g/mol. The van der Waals surface area contributed by atoms with Crippen LogP contribution in [0, 0.1) is 12.8 Å². The Bertz CT molecular complexity index is 1340. The van der Waals surface area contributed by atoms with E-state index in [4.69, 9.17) is 4.74 Å². The summed E-state index contributed by atoms with van der Waals surface area (Å²) < 4.78 is 35.9. The van der Waals surface area contributed by atoms with Gasteiger partial charge in [0, 0.05) is 5.56 Å². The molecule has 1 aromatic carbocycles. The zero-order valence-electron chi connectivity index (χ0n) is 25.0. The number of benzene rings is 1. The van der Waals surface area contributed by atoms with E-state index in [1.165, 1.54) is 11.3 Å². The van der Waals surface area contributed by atoms with Crippen LogP contribution in [0.2, 0.25) is 0 Å². The number of amides is 3. The third-order valence-corrected chi connectivity index (χ3v) is 8.50. The maximum atomic E-state index is 15.3. The lowest BCUT2D eigenvalue weighted by atomic mass is 10.0. The van der Waals surface area contributed by atoms with Crippen LogP contribution in [0.5, 0.6) is 5.75 Å². The summed E-state index contributed by atoms with van der Waals surface area (Å²) in [6.45, 7) is 12.2. The summed E-state index contributed by atoms with van der Waals surface area (Å²) in [7, 11) is 0. The Kier molecular flexibility index (Phi) is 8.99. The SMILES string of the molecule is Cc1ncsc1-c1ccc([C@H](C)NC(=O)[C@@H]2[C@@H](F)[C@@H](O)CN2C(=O)[C@@H](NC(=O)C2(F)CC2)C(C)C)c(OC(C)(C)C)c1. The predicted octanol–water partition coefficient (Wildman–Crippen LogP) is 4.03. The number of alkyl halides is 2. The molecule has 2 aliphatic rings. The van der Waals surface area contributed by atoms with Crippen molar-refractivity contribution in [2.75, 3.05) is 6.54 Å². The molecule has 12 heteroatoms. The molecule has 1 saturated heterocycles. The average Bonchev–Trinajstić information content (AvgIpc) is 3.38. The van der Waals surface area contributed by atoms with Gasteiger partial charge in [0.15, 0.2) is 11.8 Å². The number of halogens is 2. The minimum absolute atomic E-state index is 0.0709. The second-order valence-corrected chi connectivity index (χ2v) is 13.4. The van der Waals surface area contributed by atoms with E-state index in [0.717, 1.165) is 21.0 Å². The van der Waals surface area contributed by atoms with Gasteiger partial charge >= 0.3 is 0 Å². The number of ether oxygens (including phenoxy) is 1. The zero-order valence-corrected chi connectivity index (χ0v) is 25.9. The van der Waals surface area contributed by atoms with E-state index in [0.29, 0.717) is 11.3 Å². The van der Waals surface area contributed by atoms with Crippen LogP contribution in [-0.4, -0.2) is 74.9 Å². The van der Waals surface area contributed by atoms with Crippen molar-refractivity contribution in [2.24, 2.45) is 5.92 Å². The summed E-state index contributed by atoms with van der Waals surface area (Å²) in [6, 6.07) is 2.12. The topological polar surface area (TPSA) is 121 Å². The van der Waals surface area contributed by atoms with Crippen LogP contribution in [-0.2, 0) is 14.4 Å². The molecule has 1 aliphatic carbocycles. The number of β-amino-alcohol motifs (C(OH)–C–C–N with tert-alkyl or cyclic N) is 1. The van der Waals surface area contributed by atoms with Crippen molar-refractivity contribution < 1.29 is 33.0 Å². The quantitative estimate of drug-likeness (QED) is 0.397. The first-order valence-corrected chi connectivity index (χ1v) is 15.1. The Hall–Kier alpha value is -3.12. The monoisotopic (exact) mass is 606 g/mol. The summed E-state index contributed by atoms with van der Waals surface area (Å²) in [5.41, 5.74) is 1.62. The lowest BCUT2D eigenvalue weighted by Gasteiger charge is -2.32. The van der Waals surface area contributed by atoms with Gasteiger partial charge in [0.2, 0.25) is 11.8 Å². The number of likely N-dealkylation sites (tertiary alicyclic amines) is 1. The number of hydrogen-bond acceptors (Lipinski definition) is 7. The van der Waals surface area contributed by atoms with Gasteiger partial charge in [-0.15, -0.1) is 11.3 Å². The highest BCUT2D eigenvalue weighted by molar-refractivity contribution is 7.13. The van der Waals surface area contributed by atoms with Gasteiger partial charge in [-0.1, -0.05) is 26.0 Å². The fraction of sp³-hybridized carbons (Fsp3) is 0.600. The minimum atomic E-state index is -2.05. The number of aromatic nitrogens is 1. The van der Waals surface area contributed by atoms with Crippen molar-refractivity contribution in [1.82, 2.24) is 20.5 Å². The normalized spacial score (nSPS) is 22.9. The van der Waals surface area contributed by atoms with Gasteiger partial charge in [-0.25, -0.2) is 13.8 Å². The summed E-state index contributed by atoms with van der Waals surface area (Å²) in [4.78, 5) is 45.7. The van der Waals surface area contributed by atoms with Crippen LogP contribution in [0.3, 0.4) is 0 Å². The molecule has 3 N–H and O–H groups in total. The second kappa shape index (κ2) is 11.9. The van der Waals surface area contributed by atoms with Crippen molar-refractivity contribution in [1.29, 1.82) is 0 Å². The molecule has 2 heterocycles. The molecule has 1 saturated carbocycles. The predicted molar refractivity (Wildman–Crippen MR) is 155 cm³/mol. The van der Waals surface area contributed by atoms with Gasteiger partial charge in [-0.05, 0) is 65.0 Å². The number of hydrogen-bond donors (Lipinski definition) is 3. The Labute approximate surface area is 249 Å². The van der Waals surface area contributed by atoms with Crippen molar-refractivity contribution in [3.05, 3.63) is 35.0 Å². The molecule has 0 radical (unpaired) electrons. The molecular weight excluding hydrogens is 566 g/mol. The number of carbonyl (C=O) groups excluding carboxylic acids is 3. The summed E-state index contributed by atoms with van der Waals surface area (Å²) in [5.74, 6) is -2.40. The fourth-order valence-electron chi connectivity index (χ4n) is 5.02. The highest BCUT2D eigenvalue weighted by Gasteiger charge is 2.53. The molecular formula is C30H40F2N4O5S. The lowest BCUT2D eigenvalue weighted by molar-refractivity contribution is -0.144. The lowest BCUT2D eigenvalue weighted by Crippen LogP contribution is -2.57. The Balaban J connectivity index is 1.57. The van der Waals surface area contributed by atoms with E-state index in [9.17, 15) is 23.9 Å². The van der Waals surface area contributed by atoms with E-state index >= 15 is 4.39 Å². The number of carbonyl (C=O) groups is 3. The zero-order chi connectivity index (χ0) is 31.1. The summed E-state index contributed by atoms with van der Waals surface area (Å²) in [5, 5.41) is 15.6. The van der Waals surface area contributed by atoms with Crippen molar-refractivity contribution >= 4 is 29.1 Å². The third kappa shape index (κ3) is 6.75. The van der Waals surface area contributed by atoms with Gasteiger partial charge in [0.25, 0.3) is 5.91 Å². The Morgan fingerprint density at radius 1 is 1.19 bits per heavy atom. The van der Waals surface area contributed by atoms with Gasteiger partial charge < -0.3 is 25.4 Å². The third-order valence-electron chi connectivity index (χ3n) is 7.52. The van der Waals surface area contributed by atoms with Crippen LogP contribution in [0.4, 0.5) is 8.78 Å². The van der Waals surface area contributed by atoms with E-state index in [-0.39, 0.29) is 12.8 Å². The number of rotatable bonds is 9. The molecule has 42 heavy (non-hydrogen) atoms. The number of aliphatic hydroxyl groups excluding tert-OH is 1. The molecule has 2 fully saturated rings. The molecule has 0 spiro atoms. The van der Waals surface area contributed by atoms with Crippen molar-refractivity contribution in [2.45, 2.75) is 103 Å². The molecule has 1 aromatic heterocycles. The summed E-state index contributed by atoms with van der Waals surface area (Å²) >= 11 is 1.50. The molecule has 3 amide bonds. The standard InChI is InChI=1S/C30H40F2N4O5S/c1-15(2)23(35-28(40)30(32)10-11-30)27(39)36-13-20(37)22(31)24(36)26(38)34-16(3)19-9-8-18(25-17(4)33-14-42-25)12-21(19)41-29(5,6)7/h8-9,12,14-16,20,22-24,37H,10-11,13H2,1-7H3,(H,34,38)(H,35,40)/t16-,20-,22-,23-,24-/m0/s1. The highest BCUT2D eigenvalue weighted by atomic mass is 32.1. The largest absolute Gasteiger partial charge is 0.488 e. The molecule has 5 atom stereocenters. The van der Waals surface area contributed by atoms with Gasteiger partial charge in [-0.2, -0.15) is 0 Å². The van der Waals surface area contributed by atoms with Crippen LogP contribution >= 0.6 is 11.3 Å². The molecule has 2 aromatic rings. The molecule has 230 valence electrons. The maximum absolute atomic E-state index is 15.3. The van der Waals surface area contributed by atoms with E-state index in [1.807, 2.05) is 45.9 Å². The Morgan fingerprint density at radius 3 is 2.40 bits per heavy atom. The maximum Gasteiger partial charge on any atom is 0.258 e. The molecule has 0 bridgehead atoms. The minimum Gasteiger partial charge on any atom is -0.488 e. The van der Waals surface area contributed by atoms with Crippen LogP contribution in [0.25, 0.3) is 10.4 Å². The van der Waals surface area contributed by atoms with Gasteiger partial charge in [-0.3, -0.25) is 14.4 Å². The van der Waals surface area contributed by atoms with Gasteiger partial charge in [0.05, 0.1) is 28.7 Å². The van der Waals surface area contributed by atoms with E-state index < -0.39 is 71.9 Å². The number of thiazole rings is 1. The molecule has 4 rings (SSSR count). The Morgan fingerprint density at radius 2 is 1.86 bits per heavy atom. The smallest absolute Gasteiger partial charge is 0.258 e. The number of nitrogens with one attached hydrogen (secondary N) is 2. The van der Waals surface area contributed by atoms with E-state index in [2.05, 4.69) is 15.6 Å². The van der Waals surface area contributed by atoms with Crippen LogP contribution < -0.4 is 15.4 Å².